The molecule has 0 radical (unpaired) electrons. The first kappa shape index (κ1) is 15.8. The largest absolute Gasteiger partial charge is 0.495 e. The van der Waals surface area contributed by atoms with Crippen molar-refractivity contribution in [1.29, 1.82) is 0 Å². The first-order chi connectivity index (χ1) is 9.03. The molecule has 5 heteroatoms. The van der Waals surface area contributed by atoms with Gasteiger partial charge in [0.2, 0.25) is 0 Å². The van der Waals surface area contributed by atoms with Crippen LogP contribution in [0.15, 0.2) is 18.2 Å². The van der Waals surface area contributed by atoms with Crippen LogP contribution in [0.25, 0.3) is 0 Å². The molecule has 0 aliphatic rings. The third-order valence-corrected chi connectivity index (χ3v) is 3.48. The summed E-state index contributed by atoms with van der Waals surface area (Å²) in [6.45, 7) is 5.33. The van der Waals surface area contributed by atoms with Gasteiger partial charge in [-0.1, -0.05) is 31.5 Å². The molecule has 0 saturated heterocycles. The molecule has 0 heterocycles. The second-order valence-electron chi connectivity index (χ2n) is 4.25. The van der Waals surface area contributed by atoms with Crippen LogP contribution in [-0.4, -0.2) is 42.2 Å². The predicted molar refractivity (Wildman–Crippen MR) is 76.1 cm³/mol. The molecule has 1 aromatic rings. The van der Waals surface area contributed by atoms with Gasteiger partial charge in [-0.3, -0.25) is 9.69 Å². The average molecular weight is 286 g/mol. The van der Waals surface area contributed by atoms with Crippen LogP contribution in [0.4, 0.5) is 0 Å². The number of hydrogen-bond acceptors (Lipinski definition) is 3. The molecule has 1 atom stereocenters. The average Bonchev–Trinajstić information content (AvgIpc) is 2.39. The molecule has 4 nitrogen and oxygen atoms in total. The van der Waals surface area contributed by atoms with E-state index in [1.54, 1.807) is 19.2 Å². The highest BCUT2D eigenvalue weighted by molar-refractivity contribution is 6.32. The summed E-state index contributed by atoms with van der Waals surface area (Å²) in [4.78, 5) is 13.3. The van der Waals surface area contributed by atoms with Gasteiger partial charge >= 0.3 is 5.97 Å². The third-order valence-electron chi connectivity index (χ3n) is 3.18. The number of methoxy groups -OCH3 is 1. The van der Waals surface area contributed by atoms with Gasteiger partial charge in [0.1, 0.15) is 11.8 Å². The number of carboxylic acids is 1. The molecule has 1 unspecified atom stereocenters. The summed E-state index contributed by atoms with van der Waals surface area (Å²) < 4.78 is 5.08. The van der Waals surface area contributed by atoms with E-state index in [4.69, 9.17) is 16.3 Å². The van der Waals surface area contributed by atoms with Crippen LogP contribution < -0.4 is 4.74 Å². The van der Waals surface area contributed by atoms with Crippen molar-refractivity contribution in [2.75, 3.05) is 20.2 Å². The molecule has 1 rings (SSSR count). The fourth-order valence-electron chi connectivity index (χ4n) is 2.10. The van der Waals surface area contributed by atoms with Crippen LogP contribution in [0.2, 0.25) is 5.02 Å². The van der Waals surface area contributed by atoms with Gasteiger partial charge in [-0.15, -0.1) is 0 Å². The van der Waals surface area contributed by atoms with Crippen molar-refractivity contribution in [3.63, 3.8) is 0 Å². The van der Waals surface area contributed by atoms with Crippen molar-refractivity contribution < 1.29 is 14.6 Å². The van der Waals surface area contributed by atoms with Crippen LogP contribution in [0.1, 0.15) is 19.4 Å². The number of likely N-dealkylation sites (N-methyl/N-ethyl adjacent to an activating group) is 1. The van der Waals surface area contributed by atoms with E-state index in [0.717, 1.165) is 5.56 Å². The Hall–Kier alpha value is -1.26. The van der Waals surface area contributed by atoms with Gasteiger partial charge in [0, 0.05) is 0 Å². The highest BCUT2D eigenvalue weighted by atomic mass is 35.5. The molecule has 0 aromatic heterocycles. The number of benzene rings is 1. The molecule has 1 N–H and O–H groups in total. The minimum absolute atomic E-state index is 0.431. The van der Waals surface area contributed by atoms with Gasteiger partial charge in [-0.05, 0) is 37.2 Å². The van der Waals surface area contributed by atoms with E-state index in [-0.39, 0.29) is 0 Å². The van der Waals surface area contributed by atoms with Crippen molar-refractivity contribution >= 4 is 17.6 Å². The monoisotopic (exact) mass is 285 g/mol. The molecule has 0 saturated carbocycles. The molecule has 0 amide bonds. The molecule has 1 aromatic carbocycles. The fourth-order valence-corrected chi connectivity index (χ4v) is 2.38. The standard InChI is InChI=1S/C14H20ClNO3/c1-4-16(5-2)12(14(17)18)9-10-6-7-13(19-3)11(15)8-10/h6-8,12H,4-5,9H2,1-3H3,(H,17,18). The second-order valence-corrected chi connectivity index (χ2v) is 4.66. The molecule has 0 bridgehead atoms. The predicted octanol–water partition coefficient (Wildman–Crippen LogP) is 2.69. The maximum atomic E-state index is 11.4. The number of rotatable bonds is 7. The number of halogens is 1. The summed E-state index contributed by atoms with van der Waals surface area (Å²) in [5, 5.41) is 9.84. The lowest BCUT2D eigenvalue weighted by molar-refractivity contribution is -0.143. The van der Waals surface area contributed by atoms with Gasteiger partial charge in [0.15, 0.2) is 0 Å². The number of aliphatic carboxylic acids is 1. The Kier molecular flexibility index (Phi) is 6.12. The third kappa shape index (κ3) is 4.11. The number of carboxylic acid groups (broad SMARTS) is 1. The molecular weight excluding hydrogens is 266 g/mol. The summed E-state index contributed by atoms with van der Waals surface area (Å²) in [6, 6.07) is 4.85. The number of carbonyl (C=O) groups is 1. The Labute approximate surface area is 118 Å². The molecule has 0 aliphatic carbocycles. The lowest BCUT2D eigenvalue weighted by atomic mass is 10.0. The molecular formula is C14H20ClNO3. The SMILES string of the molecule is CCN(CC)C(Cc1ccc(OC)c(Cl)c1)C(=O)O. The van der Waals surface area contributed by atoms with Crippen LogP contribution in [-0.2, 0) is 11.2 Å². The van der Waals surface area contributed by atoms with Crippen molar-refractivity contribution in [3.8, 4) is 5.75 Å². The zero-order valence-corrected chi connectivity index (χ0v) is 12.3. The molecule has 106 valence electrons. The fraction of sp³-hybridized carbons (Fsp3) is 0.500. The van der Waals surface area contributed by atoms with E-state index in [1.807, 2.05) is 24.8 Å². The van der Waals surface area contributed by atoms with E-state index in [1.165, 1.54) is 0 Å². The van der Waals surface area contributed by atoms with Gasteiger partial charge in [0.25, 0.3) is 0 Å². The maximum Gasteiger partial charge on any atom is 0.321 e. The Morgan fingerprint density at radius 2 is 2.05 bits per heavy atom. The molecule has 0 aliphatic heterocycles. The molecule has 0 fully saturated rings. The quantitative estimate of drug-likeness (QED) is 0.837. The lowest BCUT2D eigenvalue weighted by Crippen LogP contribution is -2.42. The van der Waals surface area contributed by atoms with Crippen LogP contribution in [0, 0.1) is 0 Å². The topological polar surface area (TPSA) is 49.8 Å². The molecule has 0 spiro atoms. The lowest BCUT2D eigenvalue weighted by Gasteiger charge is -2.26. The van der Waals surface area contributed by atoms with Gasteiger partial charge in [0.05, 0.1) is 12.1 Å². The van der Waals surface area contributed by atoms with Crippen molar-refractivity contribution in [1.82, 2.24) is 4.90 Å². The molecule has 19 heavy (non-hydrogen) atoms. The van der Waals surface area contributed by atoms with Gasteiger partial charge in [-0.25, -0.2) is 0 Å². The second kappa shape index (κ2) is 7.36. The van der Waals surface area contributed by atoms with Gasteiger partial charge < -0.3 is 9.84 Å². The Balaban J connectivity index is 2.90. The summed E-state index contributed by atoms with van der Waals surface area (Å²) in [6.07, 6.45) is 0.431. The Morgan fingerprint density at radius 1 is 1.42 bits per heavy atom. The van der Waals surface area contributed by atoms with Crippen molar-refractivity contribution in [3.05, 3.63) is 28.8 Å². The van der Waals surface area contributed by atoms with Crippen LogP contribution in [0.3, 0.4) is 0 Å². The number of nitrogens with zero attached hydrogens (tertiary/aromatic N) is 1. The van der Waals surface area contributed by atoms with Crippen molar-refractivity contribution in [2.24, 2.45) is 0 Å². The van der Waals surface area contributed by atoms with Gasteiger partial charge in [-0.2, -0.15) is 0 Å². The summed E-state index contributed by atoms with van der Waals surface area (Å²) in [5.74, 6) is -0.212. The first-order valence-electron chi connectivity index (χ1n) is 6.32. The van der Waals surface area contributed by atoms with Crippen molar-refractivity contribution in [2.45, 2.75) is 26.3 Å². The minimum atomic E-state index is -0.810. The zero-order chi connectivity index (χ0) is 14.4. The summed E-state index contributed by atoms with van der Waals surface area (Å²) >= 11 is 6.05. The van der Waals surface area contributed by atoms with E-state index in [9.17, 15) is 9.90 Å². The number of hydrogen-bond donors (Lipinski definition) is 1. The van der Waals surface area contributed by atoms with E-state index >= 15 is 0 Å². The Bertz CT molecular complexity index is 433. The highest BCUT2D eigenvalue weighted by Crippen LogP contribution is 2.25. The van der Waals surface area contributed by atoms with E-state index < -0.39 is 12.0 Å². The first-order valence-corrected chi connectivity index (χ1v) is 6.70. The van der Waals surface area contributed by atoms with E-state index in [0.29, 0.717) is 30.3 Å². The summed E-state index contributed by atoms with van der Waals surface area (Å²) in [7, 11) is 1.55. The van der Waals surface area contributed by atoms with Crippen LogP contribution >= 0.6 is 11.6 Å². The highest BCUT2D eigenvalue weighted by Gasteiger charge is 2.23. The van der Waals surface area contributed by atoms with E-state index in [2.05, 4.69) is 0 Å². The van der Waals surface area contributed by atoms with Crippen LogP contribution in [0.5, 0.6) is 5.75 Å². The zero-order valence-electron chi connectivity index (χ0n) is 11.5. The minimum Gasteiger partial charge on any atom is -0.495 e. The maximum absolute atomic E-state index is 11.4. The number of ether oxygens (including phenoxy) is 1. The smallest absolute Gasteiger partial charge is 0.321 e. The Morgan fingerprint density at radius 3 is 2.47 bits per heavy atom. The normalized spacial score (nSPS) is 12.5. The summed E-state index contributed by atoms with van der Waals surface area (Å²) in [5.41, 5.74) is 0.894.